The summed E-state index contributed by atoms with van der Waals surface area (Å²) in [6, 6.07) is 43.2. The average molecular weight is 933 g/mol. The lowest BCUT2D eigenvalue weighted by Gasteiger charge is -2.31. The van der Waals surface area contributed by atoms with E-state index in [4.69, 9.17) is 0 Å². The molecule has 0 aliphatic carbocycles. The molecular weight excluding hydrogens is 845 g/mol. The predicted molar refractivity (Wildman–Crippen MR) is 311 cm³/mol. The number of hydrogen-bond acceptors (Lipinski definition) is 2. The molecule has 0 saturated heterocycles. The van der Waals surface area contributed by atoms with Gasteiger partial charge in [-0.3, -0.25) is 0 Å². The van der Waals surface area contributed by atoms with Gasteiger partial charge in [0.2, 0.25) is 0 Å². The van der Waals surface area contributed by atoms with E-state index in [0.29, 0.717) is 0 Å². The Bertz CT molecular complexity index is 2530. The Hall–Kier alpha value is -5.34. The van der Waals surface area contributed by atoms with Crippen LogP contribution in [0.4, 0.5) is 34.1 Å². The molecule has 0 aliphatic heterocycles. The minimum Gasteiger partial charge on any atom is -0.310 e. The smallest absolute Gasteiger partial charge is 0.0520 e. The first kappa shape index (κ1) is 52.5. The highest BCUT2D eigenvalue weighted by Gasteiger charge is 2.24. The van der Waals surface area contributed by atoms with Crippen molar-refractivity contribution in [2.75, 3.05) is 9.80 Å². The molecule has 0 heterocycles. The molecule has 7 aromatic rings. The standard InChI is InChI=1S/C68H88N2/c1-11-15-19-21-23-25-29-61-62(30-26-24-22-20-16-12-2)66-48-60(70(58-37-33-50(6)34-38-58)68-53(9)45-56(28-18-14-4)46-54(68)10)40-42-64(66)63-41-39-59(47-65(61)63)69(57-35-31-49(5)32-36-57)67-51(7)43-55(27-17-13-3)44-52(67)8/h31-48H,11-30H2,1-10H3. The normalized spacial score (nSPS) is 11.6. The van der Waals surface area contributed by atoms with E-state index in [1.165, 1.54) is 203 Å². The Labute approximate surface area is 425 Å². The minimum absolute atomic E-state index is 1.10. The van der Waals surface area contributed by atoms with Crippen molar-refractivity contribution in [2.45, 2.75) is 198 Å². The highest BCUT2D eigenvalue weighted by atomic mass is 15.2. The molecule has 2 heteroatoms. The maximum absolute atomic E-state index is 2.59. The molecule has 2 nitrogen and oxygen atoms in total. The van der Waals surface area contributed by atoms with Gasteiger partial charge in [0.15, 0.2) is 0 Å². The van der Waals surface area contributed by atoms with Gasteiger partial charge in [0, 0.05) is 22.7 Å². The number of nitrogens with zero attached hydrogens (tertiary/aromatic N) is 2. The second kappa shape index (κ2) is 25.7. The SMILES string of the molecule is CCCCCCCCc1c(CCCCCCCC)c2cc(N(c3ccc(C)cc3)c3c(C)cc(CCCC)cc3C)ccc2c2ccc(N(c3ccc(C)cc3)c3c(C)cc(CCCC)cc3C)cc12. The topological polar surface area (TPSA) is 6.48 Å². The third-order valence-corrected chi connectivity index (χ3v) is 15.2. The summed E-state index contributed by atoms with van der Waals surface area (Å²) in [6.07, 6.45) is 24.8. The lowest BCUT2D eigenvalue weighted by Crippen LogP contribution is -2.14. The van der Waals surface area contributed by atoms with Gasteiger partial charge in [-0.15, -0.1) is 0 Å². The first-order valence-electron chi connectivity index (χ1n) is 28.0. The van der Waals surface area contributed by atoms with Crippen molar-refractivity contribution in [1.29, 1.82) is 0 Å². The summed E-state index contributed by atoms with van der Waals surface area (Å²) in [5.74, 6) is 0. The number of rotatable bonds is 26. The van der Waals surface area contributed by atoms with Gasteiger partial charge >= 0.3 is 0 Å². The van der Waals surface area contributed by atoms with Gasteiger partial charge in [0.05, 0.1) is 11.4 Å². The van der Waals surface area contributed by atoms with Gasteiger partial charge in [-0.05, 0) is 207 Å². The number of unbranched alkanes of at least 4 members (excludes halogenated alkanes) is 12. The third-order valence-electron chi connectivity index (χ3n) is 15.2. The van der Waals surface area contributed by atoms with Crippen molar-refractivity contribution in [2.24, 2.45) is 0 Å². The Morgan fingerprint density at radius 1 is 0.286 bits per heavy atom. The molecule has 0 bridgehead atoms. The number of anilines is 6. The molecule has 370 valence electrons. The van der Waals surface area contributed by atoms with Crippen molar-refractivity contribution in [3.05, 3.63) is 165 Å². The number of aryl methyl sites for hydroxylation is 10. The molecule has 0 amide bonds. The molecule has 0 unspecified atom stereocenters. The van der Waals surface area contributed by atoms with E-state index in [0.717, 1.165) is 25.7 Å². The maximum atomic E-state index is 2.59. The highest BCUT2D eigenvalue weighted by Crippen LogP contribution is 2.46. The van der Waals surface area contributed by atoms with Gasteiger partial charge in [-0.1, -0.05) is 177 Å². The maximum Gasteiger partial charge on any atom is 0.0520 e. The van der Waals surface area contributed by atoms with Crippen LogP contribution in [0, 0.1) is 41.5 Å². The Morgan fingerprint density at radius 3 is 0.943 bits per heavy atom. The van der Waals surface area contributed by atoms with Crippen molar-refractivity contribution in [1.82, 2.24) is 0 Å². The minimum atomic E-state index is 1.10. The molecule has 7 aromatic carbocycles. The molecule has 0 fully saturated rings. The zero-order chi connectivity index (χ0) is 49.6. The molecule has 0 atom stereocenters. The highest BCUT2D eigenvalue weighted by molar-refractivity contribution is 6.13. The Balaban J connectivity index is 1.47. The molecule has 0 aromatic heterocycles. The fourth-order valence-corrected chi connectivity index (χ4v) is 11.4. The van der Waals surface area contributed by atoms with Crippen LogP contribution < -0.4 is 9.80 Å². The van der Waals surface area contributed by atoms with Gasteiger partial charge in [0.1, 0.15) is 0 Å². The van der Waals surface area contributed by atoms with E-state index >= 15 is 0 Å². The van der Waals surface area contributed by atoms with Gasteiger partial charge in [-0.25, -0.2) is 0 Å². The number of fused-ring (bicyclic) bond motifs is 3. The van der Waals surface area contributed by atoms with Crippen molar-refractivity contribution in [3.8, 4) is 0 Å². The second-order valence-electron chi connectivity index (χ2n) is 21.2. The predicted octanol–water partition coefficient (Wildman–Crippen LogP) is 21.3. The monoisotopic (exact) mass is 933 g/mol. The van der Waals surface area contributed by atoms with E-state index in [-0.39, 0.29) is 0 Å². The first-order valence-corrected chi connectivity index (χ1v) is 28.0. The van der Waals surface area contributed by atoms with Crippen LogP contribution in [-0.4, -0.2) is 0 Å². The number of hydrogen-bond donors (Lipinski definition) is 0. The largest absolute Gasteiger partial charge is 0.310 e. The second-order valence-corrected chi connectivity index (χ2v) is 21.2. The molecule has 0 N–H and O–H groups in total. The van der Waals surface area contributed by atoms with Crippen LogP contribution in [0.15, 0.2) is 109 Å². The molecule has 0 radical (unpaired) electrons. The Kier molecular flexibility index (Phi) is 19.3. The van der Waals surface area contributed by atoms with Crippen LogP contribution in [0.3, 0.4) is 0 Å². The fraction of sp³-hybridized carbons (Fsp3) is 0.441. The van der Waals surface area contributed by atoms with Crippen molar-refractivity contribution < 1.29 is 0 Å². The summed E-state index contributed by atoms with van der Waals surface area (Å²) >= 11 is 0. The molecule has 70 heavy (non-hydrogen) atoms. The van der Waals surface area contributed by atoms with E-state index in [9.17, 15) is 0 Å². The zero-order valence-corrected chi connectivity index (χ0v) is 45.4. The van der Waals surface area contributed by atoms with E-state index in [1.807, 2.05) is 0 Å². The van der Waals surface area contributed by atoms with Crippen molar-refractivity contribution in [3.63, 3.8) is 0 Å². The molecule has 0 spiro atoms. The molecule has 7 rings (SSSR count). The van der Waals surface area contributed by atoms with Crippen LogP contribution in [0.25, 0.3) is 21.5 Å². The summed E-state index contributed by atoms with van der Waals surface area (Å²) < 4.78 is 0. The molecule has 0 aliphatic rings. The zero-order valence-electron chi connectivity index (χ0n) is 45.4. The van der Waals surface area contributed by atoms with Crippen LogP contribution in [0.2, 0.25) is 0 Å². The lowest BCUT2D eigenvalue weighted by atomic mass is 9.86. The summed E-state index contributed by atoms with van der Waals surface area (Å²) in [5, 5.41) is 5.62. The van der Waals surface area contributed by atoms with Gasteiger partial charge < -0.3 is 9.80 Å². The summed E-state index contributed by atoms with van der Waals surface area (Å²) in [4.78, 5) is 5.14. The average Bonchev–Trinajstić information content (AvgIpc) is 3.35. The summed E-state index contributed by atoms with van der Waals surface area (Å²) in [6.45, 7) is 23.0. The molecular formula is C68H88N2. The number of benzene rings is 7. The van der Waals surface area contributed by atoms with Gasteiger partial charge in [0.25, 0.3) is 0 Å². The first-order chi connectivity index (χ1) is 34.1. The quantitative estimate of drug-likeness (QED) is 0.0394. The van der Waals surface area contributed by atoms with Crippen LogP contribution in [0.1, 0.15) is 186 Å². The van der Waals surface area contributed by atoms with Crippen LogP contribution >= 0.6 is 0 Å². The van der Waals surface area contributed by atoms with E-state index < -0.39 is 0 Å². The van der Waals surface area contributed by atoms with E-state index in [1.54, 1.807) is 11.1 Å². The van der Waals surface area contributed by atoms with Gasteiger partial charge in [-0.2, -0.15) is 0 Å². The van der Waals surface area contributed by atoms with E-state index in [2.05, 4.69) is 188 Å². The van der Waals surface area contributed by atoms with Crippen LogP contribution in [-0.2, 0) is 25.7 Å². The summed E-state index contributed by atoms with van der Waals surface area (Å²) in [5.41, 5.74) is 21.5. The molecule has 0 saturated carbocycles. The fourth-order valence-electron chi connectivity index (χ4n) is 11.4. The third kappa shape index (κ3) is 12.8. The van der Waals surface area contributed by atoms with Crippen molar-refractivity contribution >= 4 is 55.7 Å². The summed E-state index contributed by atoms with van der Waals surface area (Å²) in [7, 11) is 0. The van der Waals surface area contributed by atoms with Crippen LogP contribution in [0.5, 0.6) is 0 Å². The lowest BCUT2D eigenvalue weighted by molar-refractivity contribution is 0.600. The Morgan fingerprint density at radius 2 is 0.600 bits per heavy atom.